The number of fused-ring (bicyclic) bond motifs is 1. The summed E-state index contributed by atoms with van der Waals surface area (Å²) < 4.78 is 5.83. The number of amides is 2. The van der Waals surface area contributed by atoms with Gasteiger partial charge in [0.15, 0.2) is 0 Å². The van der Waals surface area contributed by atoms with Crippen LogP contribution in [0.25, 0.3) is 11.3 Å². The highest BCUT2D eigenvalue weighted by Gasteiger charge is 2.26. The number of ether oxygens (including phenoxy) is 1. The maximum Gasteiger partial charge on any atom is 0.245 e. The summed E-state index contributed by atoms with van der Waals surface area (Å²) in [5, 5.41) is 14.6. The molecule has 0 unspecified atom stereocenters. The van der Waals surface area contributed by atoms with Crippen molar-refractivity contribution in [1.82, 2.24) is 30.7 Å². The fourth-order valence-corrected chi connectivity index (χ4v) is 5.23. The van der Waals surface area contributed by atoms with Gasteiger partial charge in [0.05, 0.1) is 25.0 Å². The zero-order chi connectivity index (χ0) is 24.2. The Morgan fingerprint density at radius 1 is 1.06 bits per heavy atom. The lowest BCUT2D eigenvalue weighted by atomic mass is 9.91. The Morgan fingerprint density at radius 2 is 1.80 bits per heavy atom. The predicted octanol–water partition coefficient (Wildman–Crippen LogP) is 1.16. The molecule has 2 fully saturated rings. The molecule has 10 nitrogen and oxygen atoms in total. The Bertz CT molecular complexity index is 1060. The van der Waals surface area contributed by atoms with Crippen molar-refractivity contribution in [1.29, 1.82) is 0 Å². The summed E-state index contributed by atoms with van der Waals surface area (Å²) in [6.07, 6.45) is 6.23. The van der Waals surface area contributed by atoms with E-state index in [-0.39, 0.29) is 23.9 Å². The molecule has 5 rings (SSSR count). The van der Waals surface area contributed by atoms with Gasteiger partial charge in [0.25, 0.3) is 0 Å². The number of aromatic nitrogens is 3. The van der Waals surface area contributed by atoms with Crippen molar-refractivity contribution in [2.24, 2.45) is 0 Å². The number of benzene rings is 1. The second kappa shape index (κ2) is 10.6. The van der Waals surface area contributed by atoms with Crippen molar-refractivity contribution in [2.75, 3.05) is 44.2 Å². The number of nitrogens with zero attached hydrogens (tertiary/aromatic N) is 5. The van der Waals surface area contributed by atoms with Gasteiger partial charge in [-0.05, 0) is 37.3 Å². The van der Waals surface area contributed by atoms with Crippen LogP contribution in [0.15, 0.2) is 24.4 Å². The van der Waals surface area contributed by atoms with E-state index >= 15 is 0 Å². The fourth-order valence-electron chi connectivity index (χ4n) is 5.23. The van der Waals surface area contributed by atoms with Gasteiger partial charge >= 0.3 is 0 Å². The van der Waals surface area contributed by atoms with E-state index in [4.69, 9.17) is 9.72 Å². The lowest BCUT2D eigenvalue weighted by Crippen LogP contribution is -2.51. The van der Waals surface area contributed by atoms with Crippen LogP contribution in [0.2, 0.25) is 0 Å². The van der Waals surface area contributed by atoms with E-state index in [9.17, 15) is 9.59 Å². The minimum Gasteiger partial charge on any atom is -0.492 e. The van der Waals surface area contributed by atoms with E-state index < -0.39 is 0 Å². The highest BCUT2D eigenvalue weighted by molar-refractivity contribution is 5.78. The molecule has 186 valence electrons. The third-order valence-corrected chi connectivity index (χ3v) is 7.06. The molecule has 0 spiro atoms. The van der Waals surface area contributed by atoms with Gasteiger partial charge in [0.1, 0.15) is 5.75 Å². The Balaban J connectivity index is 1.11. The molecule has 2 N–H and O–H groups in total. The number of para-hydroxylation sites is 1. The second-order valence-electron chi connectivity index (χ2n) is 9.61. The van der Waals surface area contributed by atoms with Gasteiger partial charge in [-0.15, -0.1) is 5.10 Å². The van der Waals surface area contributed by atoms with Gasteiger partial charge in [-0.3, -0.25) is 14.5 Å². The van der Waals surface area contributed by atoms with E-state index in [2.05, 4.69) is 36.7 Å². The predicted molar refractivity (Wildman–Crippen MR) is 131 cm³/mol. The Hall–Kier alpha value is -3.27. The lowest BCUT2D eigenvalue weighted by molar-refractivity contribution is -0.123. The van der Waals surface area contributed by atoms with Gasteiger partial charge in [0, 0.05) is 57.2 Å². The molecule has 1 saturated heterocycles. The van der Waals surface area contributed by atoms with Crippen molar-refractivity contribution < 1.29 is 14.3 Å². The number of piperazine rings is 1. The molecule has 3 heterocycles. The molecule has 2 aromatic rings. The van der Waals surface area contributed by atoms with Crippen molar-refractivity contribution in [2.45, 2.75) is 51.1 Å². The molecule has 1 saturated carbocycles. The first-order valence-electron chi connectivity index (χ1n) is 12.5. The molecule has 0 atom stereocenters. The van der Waals surface area contributed by atoms with E-state index in [1.807, 2.05) is 12.1 Å². The average Bonchev–Trinajstić information content (AvgIpc) is 3.35. The summed E-state index contributed by atoms with van der Waals surface area (Å²) in [5.41, 5.74) is 2.93. The molecule has 3 aliphatic rings. The lowest BCUT2D eigenvalue weighted by Gasteiger charge is -2.35. The highest BCUT2D eigenvalue weighted by atomic mass is 16.5. The van der Waals surface area contributed by atoms with Gasteiger partial charge in [-0.1, -0.05) is 12.1 Å². The maximum absolute atomic E-state index is 12.6. The smallest absolute Gasteiger partial charge is 0.245 e. The van der Waals surface area contributed by atoms with Gasteiger partial charge in [-0.2, -0.15) is 5.10 Å². The average molecular weight is 480 g/mol. The van der Waals surface area contributed by atoms with Crippen LogP contribution in [0.1, 0.15) is 38.2 Å². The number of rotatable bonds is 6. The SMILES string of the molecule is CC(=O)NC1CCC(NC(=O)CN2CCN(c3nncc(-c4cccc5c4OCC5)n3)CC2)CC1. The van der Waals surface area contributed by atoms with Gasteiger partial charge < -0.3 is 20.3 Å². The Kier molecular flexibility index (Phi) is 7.08. The number of carbonyl (C=O) groups excluding carboxylic acids is 2. The van der Waals surface area contributed by atoms with Crippen LogP contribution in [0.3, 0.4) is 0 Å². The highest BCUT2D eigenvalue weighted by Crippen LogP contribution is 2.35. The van der Waals surface area contributed by atoms with Crippen molar-refractivity contribution in [3.63, 3.8) is 0 Å². The summed E-state index contributed by atoms with van der Waals surface area (Å²) in [6, 6.07) is 6.57. The van der Waals surface area contributed by atoms with Crippen LogP contribution in [0.5, 0.6) is 5.75 Å². The quantitative estimate of drug-likeness (QED) is 0.635. The molecule has 2 aliphatic heterocycles. The molecule has 35 heavy (non-hydrogen) atoms. The molecule has 1 aromatic heterocycles. The molecule has 0 radical (unpaired) electrons. The summed E-state index contributed by atoms with van der Waals surface area (Å²) in [4.78, 5) is 32.9. The normalized spacial score (nSPS) is 22.3. The van der Waals surface area contributed by atoms with Crippen molar-refractivity contribution in [3.05, 3.63) is 30.0 Å². The van der Waals surface area contributed by atoms with Crippen LogP contribution in [0, 0.1) is 0 Å². The van der Waals surface area contributed by atoms with Crippen molar-refractivity contribution >= 4 is 17.8 Å². The summed E-state index contributed by atoms with van der Waals surface area (Å²) in [6.45, 7) is 5.65. The zero-order valence-electron chi connectivity index (χ0n) is 20.2. The fraction of sp³-hybridized carbons (Fsp3) is 0.560. The summed E-state index contributed by atoms with van der Waals surface area (Å²) in [5.74, 6) is 1.60. The van der Waals surface area contributed by atoms with Crippen LogP contribution < -0.4 is 20.3 Å². The summed E-state index contributed by atoms with van der Waals surface area (Å²) >= 11 is 0. The number of hydrogen-bond acceptors (Lipinski definition) is 8. The third-order valence-electron chi connectivity index (χ3n) is 7.06. The van der Waals surface area contributed by atoms with Crippen LogP contribution in [0.4, 0.5) is 5.95 Å². The maximum atomic E-state index is 12.6. The van der Waals surface area contributed by atoms with E-state index in [1.54, 1.807) is 13.1 Å². The molecule has 0 bridgehead atoms. The monoisotopic (exact) mass is 479 g/mol. The van der Waals surface area contributed by atoms with E-state index in [1.165, 1.54) is 5.56 Å². The minimum atomic E-state index is 0.0159. The largest absolute Gasteiger partial charge is 0.492 e. The van der Waals surface area contributed by atoms with Gasteiger partial charge in [0.2, 0.25) is 17.8 Å². The number of hydrogen-bond donors (Lipinski definition) is 2. The molecule has 1 aliphatic carbocycles. The molecular weight excluding hydrogens is 446 g/mol. The molecule has 10 heteroatoms. The minimum absolute atomic E-state index is 0.0159. The topological polar surface area (TPSA) is 113 Å². The van der Waals surface area contributed by atoms with Gasteiger partial charge in [-0.25, -0.2) is 4.98 Å². The second-order valence-corrected chi connectivity index (χ2v) is 9.61. The molecular formula is C25H33N7O3. The standard InChI is InChI=1S/C25H33N7O3/c1-17(33)27-19-5-7-20(8-6-19)28-23(34)16-31-10-12-32(13-11-31)25-29-22(15-26-30-25)21-4-2-3-18-9-14-35-24(18)21/h2-4,15,19-20H,5-14,16H2,1H3,(H,27,33)(H,28,34). The number of carbonyl (C=O) groups is 2. The number of anilines is 1. The van der Waals surface area contributed by atoms with E-state index in [0.717, 1.165) is 75.3 Å². The first-order valence-corrected chi connectivity index (χ1v) is 12.5. The molecule has 2 amide bonds. The molecule has 1 aromatic carbocycles. The van der Waals surface area contributed by atoms with Crippen LogP contribution in [-0.4, -0.2) is 83.3 Å². The first kappa shape index (κ1) is 23.5. The third kappa shape index (κ3) is 5.70. The van der Waals surface area contributed by atoms with Crippen LogP contribution in [-0.2, 0) is 16.0 Å². The Morgan fingerprint density at radius 3 is 2.54 bits per heavy atom. The number of nitrogens with one attached hydrogen (secondary N) is 2. The Labute approximate surface area is 205 Å². The van der Waals surface area contributed by atoms with Crippen LogP contribution >= 0.6 is 0 Å². The first-order chi connectivity index (χ1) is 17.0. The zero-order valence-corrected chi connectivity index (χ0v) is 20.2. The van der Waals surface area contributed by atoms with Crippen molar-refractivity contribution in [3.8, 4) is 17.0 Å². The van der Waals surface area contributed by atoms with E-state index in [0.29, 0.717) is 19.1 Å². The summed E-state index contributed by atoms with van der Waals surface area (Å²) in [7, 11) is 0.